The van der Waals surface area contributed by atoms with E-state index in [1.807, 2.05) is 0 Å². The highest BCUT2D eigenvalue weighted by Gasteiger charge is 2.33. The summed E-state index contributed by atoms with van der Waals surface area (Å²) in [5, 5.41) is 9.78. The Morgan fingerprint density at radius 3 is 2.46 bits per heavy atom. The van der Waals surface area contributed by atoms with Gasteiger partial charge in [0.25, 0.3) is 0 Å². The summed E-state index contributed by atoms with van der Waals surface area (Å²) in [6, 6.07) is 0. The first-order valence-corrected chi connectivity index (χ1v) is 10.5. The Morgan fingerprint density at radius 2 is 1.85 bits per heavy atom. The average Bonchev–Trinajstić information content (AvgIpc) is 3.05. The van der Waals surface area contributed by atoms with Crippen molar-refractivity contribution < 1.29 is 9.53 Å². The predicted octanol–water partition coefficient (Wildman–Crippen LogP) is 2.44. The van der Waals surface area contributed by atoms with Crippen LogP contribution in [0.3, 0.4) is 0 Å². The Morgan fingerprint density at radius 1 is 1.12 bits per heavy atom. The highest BCUT2D eigenvalue weighted by molar-refractivity contribution is 5.80. The quantitative estimate of drug-likeness (QED) is 0.298. The molecule has 0 aromatic rings. The molecule has 2 rings (SSSR count). The third-order valence-corrected chi connectivity index (χ3v) is 5.84. The third kappa shape index (κ3) is 6.78. The molecule has 0 saturated heterocycles. The van der Waals surface area contributed by atoms with Crippen LogP contribution in [0.25, 0.3) is 0 Å². The van der Waals surface area contributed by atoms with Crippen molar-refractivity contribution in [3.8, 4) is 0 Å². The maximum Gasteiger partial charge on any atom is 0.223 e. The maximum atomic E-state index is 11.8. The van der Waals surface area contributed by atoms with Crippen LogP contribution in [0, 0.1) is 11.3 Å². The lowest BCUT2D eigenvalue weighted by Gasteiger charge is -2.27. The number of hydrogen-bond donors (Lipinski definition) is 3. The van der Waals surface area contributed by atoms with Crippen LogP contribution in [-0.2, 0) is 9.53 Å². The second kappa shape index (κ2) is 11.4. The molecule has 0 radical (unpaired) electrons. The van der Waals surface area contributed by atoms with Crippen molar-refractivity contribution in [2.24, 2.45) is 16.3 Å². The normalized spacial score (nSPS) is 19.8. The third-order valence-electron chi connectivity index (χ3n) is 5.84. The monoisotopic (exact) mass is 366 g/mol. The fraction of sp³-hybridized carbons (Fsp3) is 0.900. The zero-order valence-corrected chi connectivity index (χ0v) is 16.7. The molecule has 1 amide bonds. The molecule has 26 heavy (non-hydrogen) atoms. The topological polar surface area (TPSA) is 74.8 Å². The molecule has 150 valence electrons. The molecule has 2 aliphatic carbocycles. The molecular weight excluding hydrogens is 328 g/mol. The standard InChI is InChI=1S/C20H38N4O2/c1-3-21-19(23-14-7-13-22-18(25)17-8-6-9-17)24-16-20(12-15-26-2)10-4-5-11-20/h17H,3-16H2,1-2H3,(H,22,25)(H2,21,23,24). The van der Waals surface area contributed by atoms with Crippen LogP contribution in [0.5, 0.6) is 0 Å². The van der Waals surface area contributed by atoms with Gasteiger partial charge in [-0.2, -0.15) is 0 Å². The first-order chi connectivity index (χ1) is 12.7. The summed E-state index contributed by atoms with van der Waals surface area (Å²) in [6.07, 6.45) is 10.5. The predicted molar refractivity (Wildman–Crippen MR) is 106 cm³/mol. The molecule has 0 unspecified atom stereocenters. The van der Waals surface area contributed by atoms with Gasteiger partial charge in [0.05, 0.1) is 0 Å². The van der Waals surface area contributed by atoms with Gasteiger partial charge in [-0.15, -0.1) is 0 Å². The largest absolute Gasteiger partial charge is 0.385 e. The van der Waals surface area contributed by atoms with E-state index < -0.39 is 0 Å². The Kier molecular flexibility index (Phi) is 9.23. The minimum absolute atomic E-state index is 0.234. The second-order valence-electron chi connectivity index (χ2n) is 7.84. The van der Waals surface area contributed by atoms with Gasteiger partial charge < -0.3 is 20.7 Å². The number of methoxy groups -OCH3 is 1. The van der Waals surface area contributed by atoms with E-state index in [1.54, 1.807) is 7.11 Å². The van der Waals surface area contributed by atoms with E-state index in [4.69, 9.17) is 9.73 Å². The van der Waals surface area contributed by atoms with Crippen LogP contribution in [0.1, 0.15) is 64.7 Å². The smallest absolute Gasteiger partial charge is 0.223 e. The van der Waals surface area contributed by atoms with Gasteiger partial charge in [-0.3, -0.25) is 9.79 Å². The van der Waals surface area contributed by atoms with Crippen molar-refractivity contribution in [3.63, 3.8) is 0 Å². The van der Waals surface area contributed by atoms with E-state index in [0.717, 1.165) is 64.4 Å². The molecule has 0 bridgehead atoms. The first kappa shape index (κ1) is 21.0. The number of nitrogens with zero attached hydrogens (tertiary/aromatic N) is 1. The molecule has 0 atom stereocenters. The van der Waals surface area contributed by atoms with Crippen molar-refractivity contribution in [1.82, 2.24) is 16.0 Å². The summed E-state index contributed by atoms with van der Waals surface area (Å²) in [7, 11) is 1.78. The SMILES string of the molecule is CCNC(=NCC1(CCOC)CCCC1)NCCCNC(=O)C1CCC1. The van der Waals surface area contributed by atoms with Crippen LogP contribution < -0.4 is 16.0 Å². The van der Waals surface area contributed by atoms with Gasteiger partial charge in [0.1, 0.15) is 0 Å². The number of nitrogens with one attached hydrogen (secondary N) is 3. The van der Waals surface area contributed by atoms with Gasteiger partial charge in [-0.25, -0.2) is 0 Å². The lowest BCUT2D eigenvalue weighted by Crippen LogP contribution is -2.40. The molecular formula is C20H38N4O2. The van der Waals surface area contributed by atoms with Gasteiger partial charge in [-0.1, -0.05) is 19.3 Å². The van der Waals surface area contributed by atoms with Crippen molar-refractivity contribution >= 4 is 11.9 Å². The van der Waals surface area contributed by atoms with Gasteiger partial charge in [-0.05, 0) is 50.9 Å². The first-order valence-electron chi connectivity index (χ1n) is 10.5. The van der Waals surface area contributed by atoms with Gasteiger partial charge in [0, 0.05) is 45.8 Å². The van der Waals surface area contributed by atoms with Gasteiger partial charge >= 0.3 is 0 Å². The van der Waals surface area contributed by atoms with E-state index >= 15 is 0 Å². The number of carbonyl (C=O) groups is 1. The van der Waals surface area contributed by atoms with Crippen molar-refractivity contribution in [2.75, 3.05) is 39.9 Å². The molecule has 0 aromatic heterocycles. The molecule has 2 saturated carbocycles. The maximum absolute atomic E-state index is 11.8. The van der Waals surface area contributed by atoms with E-state index in [-0.39, 0.29) is 11.8 Å². The number of rotatable bonds is 11. The van der Waals surface area contributed by atoms with Crippen LogP contribution >= 0.6 is 0 Å². The molecule has 6 nitrogen and oxygen atoms in total. The second-order valence-corrected chi connectivity index (χ2v) is 7.84. The molecule has 0 aromatic carbocycles. The minimum atomic E-state index is 0.234. The number of ether oxygens (including phenoxy) is 1. The van der Waals surface area contributed by atoms with Gasteiger partial charge in [0.2, 0.25) is 5.91 Å². The van der Waals surface area contributed by atoms with E-state index in [9.17, 15) is 4.79 Å². The lowest BCUT2D eigenvalue weighted by molar-refractivity contribution is -0.127. The Labute approximate surface area is 158 Å². The fourth-order valence-electron chi connectivity index (χ4n) is 3.84. The highest BCUT2D eigenvalue weighted by atomic mass is 16.5. The van der Waals surface area contributed by atoms with Crippen LogP contribution in [-0.4, -0.2) is 51.8 Å². The Balaban J connectivity index is 1.70. The Bertz CT molecular complexity index is 443. The molecule has 3 N–H and O–H groups in total. The van der Waals surface area contributed by atoms with Crippen LogP contribution in [0.15, 0.2) is 4.99 Å². The molecule has 0 heterocycles. The molecule has 6 heteroatoms. The summed E-state index contributed by atoms with van der Waals surface area (Å²) in [4.78, 5) is 16.7. The van der Waals surface area contributed by atoms with E-state index in [1.165, 1.54) is 32.1 Å². The summed E-state index contributed by atoms with van der Waals surface area (Å²) in [6.45, 7) is 6.19. The molecule has 0 spiro atoms. The summed E-state index contributed by atoms with van der Waals surface area (Å²) >= 11 is 0. The number of guanidine groups is 1. The summed E-state index contributed by atoms with van der Waals surface area (Å²) < 4.78 is 5.31. The number of amides is 1. The molecule has 2 fully saturated rings. The number of hydrogen-bond acceptors (Lipinski definition) is 3. The highest BCUT2D eigenvalue weighted by Crippen LogP contribution is 2.41. The lowest BCUT2D eigenvalue weighted by atomic mass is 9.83. The van der Waals surface area contributed by atoms with E-state index in [0.29, 0.717) is 5.41 Å². The average molecular weight is 367 g/mol. The van der Waals surface area contributed by atoms with Crippen LogP contribution in [0.2, 0.25) is 0 Å². The van der Waals surface area contributed by atoms with Crippen LogP contribution in [0.4, 0.5) is 0 Å². The fourth-order valence-corrected chi connectivity index (χ4v) is 3.84. The zero-order chi connectivity index (χ0) is 18.7. The Hall–Kier alpha value is -1.30. The number of carbonyl (C=O) groups excluding carboxylic acids is 1. The molecule has 2 aliphatic rings. The molecule has 0 aliphatic heterocycles. The van der Waals surface area contributed by atoms with Gasteiger partial charge in [0.15, 0.2) is 5.96 Å². The number of aliphatic imine (C=N–C) groups is 1. The summed E-state index contributed by atoms with van der Waals surface area (Å²) in [5.74, 6) is 1.40. The summed E-state index contributed by atoms with van der Waals surface area (Å²) in [5.41, 5.74) is 0.315. The van der Waals surface area contributed by atoms with Crippen molar-refractivity contribution in [1.29, 1.82) is 0 Å². The minimum Gasteiger partial charge on any atom is -0.385 e. The van der Waals surface area contributed by atoms with Crippen molar-refractivity contribution in [3.05, 3.63) is 0 Å². The zero-order valence-electron chi connectivity index (χ0n) is 16.7. The van der Waals surface area contributed by atoms with E-state index in [2.05, 4.69) is 22.9 Å². The van der Waals surface area contributed by atoms with Crippen molar-refractivity contribution in [2.45, 2.75) is 64.7 Å².